The molecule has 100 valence electrons. The maximum Gasteiger partial charge on any atom is 0.381 e. The molecule has 1 aromatic heterocycles. The summed E-state index contributed by atoms with van der Waals surface area (Å²) in [5.41, 5.74) is 2.72. The van der Waals surface area contributed by atoms with E-state index in [1.807, 2.05) is 49.2 Å². The molecule has 2 rings (SSSR count). The van der Waals surface area contributed by atoms with Gasteiger partial charge in [-0.25, -0.2) is 4.79 Å². The Morgan fingerprint density at radius 3 is 2.70 bits per heavy atom. The third kappa shape index (κ3) is 3.56. The van der Waals surface area contributed by atoms with Crippen LogP contribution in [0.4, 0.5) is 5.82 Å². The Kier molecular flexibility index (Phi) is 4.30. The number of benzene rings is 1. The van der Waals surface area contributed by atoms with Crippen molar-refractivity contribution in [1.29, 1.82) is 0 Å². The van der Waals surface area contributed by atoms with Gasteiger partial charge in [0.25, 0.3) is 0 Å². The smallest absolute Gasteiger partial charge is 0.381 e. The van der Waals surface area contributed by atoms with Gasteiger partial charge in [-0.3, -0.25) is 0 Å². The molecule has 1 heterocycles. The Morgan fingerprint density at radius 2 is 2.05 bits per heavy atom. The van der Waals surface area contributed by atoms with E-state index in [0.29, 0.717) is 5.82 Å². The number of carboxylic acid groups (broad SMARTS) is 1. The molecule has 0 aliphatic rings. The van der Waals surface area contributed by atoms with Crippen molar-refractivity contribution in [1.82, 2.24) is 10.2 Å². The number of aromatic nitrogens is 2. The van der Waals surface area contributed by atoms with E-state index in [1.165, 1.54) is 0 Å². The summed E-state index contributed by atoms with van der Waals surface area (Å²) >= 11 is 0. The first-order valence-electron chi connectivity index (χ1n) is 6.02. The summed E-state index contributed by atoms with van der Waals surface area (Å²) in [6.45, 7) is 2.13. The number of carboxylic acids is 1. The summed E-state index contributed by atoms with van der Waals surface area (Å²) in [4.78, 5) is 10.2. The standard InChI is InChI=1S/C15H13N3O2/c1-11-10-13(12-6-3-2-4-7-12)17-18-15(11)16-9-5-8-14(19)20/h2-4,6-7,10H,9H2,1H3,(H,16,18)(H,19,20). The van der Waals surface area contributed by atoms with Crippen LogP contribution >= 0.6 is 0 Å². The molecular formula is C15H13N3O2. The van der Waals surface area contributed by atoms with E-state index in [0.717, 1.165) is 16.8 Å². The molecule has 20 heavy (non-hydrogen) atoms. The van der Waals surface area contributed by atoms with Crippen LogP contribution in [0.1, 0.15) is 5.56 Å². The van der Waals surface area contributed by atoms with Gasteiger partial charge in [0, 0.05) is 11.5 Å². The van der Waals surface area contributed by atoms with Gasteiger partial charge in [-0.15, -0.1) is 10.2 Å². The molecule has 1 aromatic carbocycles. The van der Waals surface area contributed by atoms with Crippen molar-refractivity contribution in [2.24, 2.45) is 0 Å². The molecule has 5 heteroatoms. The summed E-state index contributed by atoms with van der Waals surface area (Å²) in [5.74, 6) is 3.96. The van der Waals surface area contributed by atoms with Crippen molar-refractivity contribution < 1.29 is 9.90 Å². The normalized spacial score (nSPS) is 9.45. The van der Waals surface area contributed by atoms with E-state index in [2.05, 4.69) is 21.4 Å². The lowest BCUT2D eigenvalue weighted by atomic mass is 10.1. The van der Waals surface area contributed by atoms with Crippen LogP contribution in [0.3, 0.4) is 0 Å². The van der Waals surface area contributed by atoms with Crippen molar-refractivity contribution in [2.45, 2.75) is 6.92 Å². The maximum absolute atomic E-state index is 10.2. The van der Waals surface area contributed by atoms with E-state index in [1.54, 1.807) is 0 Å². The molecule has 0 fully saturated rings. The lowest BCUT2D eigenvalue weighted by molar-refractivity contribution is -0.130. The van der Waals surface area contributed by atoms with Crippen LogP contribution in [-0.2, 0) is 4.79 Å². The molecule has 0 atom stereocenters. The van der Waals surface area contributed by atoms with Crippen LogP contribution < -0.4 is 5.32 Å². The fraction of sp³-hybridized carbons (Fsp3) is 0.133. The lowest BCUT2D eigenvalue weighted by Gasteiger charge is -2.06. The number of aliphatic carboxylic acids is 1. The number of hydrogen-bond donors (Lipinski definition) is 2. The number of rotatable bonds is 3. The minimum Gasteiger partial charge on any atom is -0.472 e. The molecule has 0 bridgehead atoms. The van der Waals surface area contributed by atoms with Crippen LogP contribution in [0.2, 0.25) is 0 Å². The van der Waals surface area contributed by atoms with Crippen molar-refractivity contribution in [2.75, 3.05) is 11.9 Å². The molecule has 0 saturated heterocycles. The van der Waals surface area contributed by atoms with Crippen LogP contribution in [0, 0.1) is 18.8 Å². The molecule has 0 saturated carbocycles. The van der Waals surface area contributed by atoms with Gasteiger partial charge in [0.05, 0.1) is 12.2 Å². The van der Waals surface area contributed by atoms with Crippen LogP contribution in [0.15, 0.2) is 36.4 Å². The molecule has 0 aliphatic carbocycles. The molecule has 5 nitrogen and oxygen atoms in total. The quantitative estimate of drug-likeness (QED) is 0.831. The second kappa shape index (κ2) is 6.34. The Hall–Kier alpha value is -2.87. The zero-order chi connectivity index (χ0) is 14.4. The fourth-order valence-corrected chi connectivity index (χ4v) is 1.66. The monoisotopic (exact) mass is 267 g/mol. The second-order valence-electron chi connectivity index (χ2n) is 4.09. The van der Waals surface area contributed by atoms with Crippen molar-refractivity contribution in [3.8, 4) is 23.1 Å². The average Bonchev–Trinajstić information content (AvgIpc) is 2.45. The third-order valence-corrected chi connectivity index (χ3v) is 2.59. The predicted molar refractivity (Wildman–Crippen MR) is 76.1 cm³/mol. The molecule has 0 aliphatic heterocycles. The highest BCUT2D eigenvalue weighted by atomic mass is 16.4. The van der Waals surface area contributed by atoms with E-state index < -0.39 is 5.97 Å². The SMILES string of the molecule is Cc1cc(-c2ccccc2)nnc1NCC#CC(=O)O. The summed E-state index contributed by atoms with van der Waals surface area (Å²) < 4.78 is 0. The summed E-state index contributed by atoms with van der Waals surface area (Å²) in [6.07, 6.45) is 0. The number of nitrogens with one attached hydrogen (secondary N) is 1. The van der Waals surface area contributed by atoms with Gasteiger partial charge in [-0.05, 0) is 18.6 Å². The Bertz CT molecular complexity index is 673. The van der Waals surface area contributed by atoms with Gasteiger partial charge in [0.2, 0.25) is 0 Å². The lowest BCUT2D eigenvalue weighted by Crippen LogP contribution is -2.05. The van der Waals surface area contributed by atoms with Crippen molar-refractivity contribution in [3.63, 3.8) is 0 Å². The van der Waals surface area contributed by atoms with Gasteiger partial charge in [0.1, 0.15) is 0 Å². The molecular weight excluding hydrogens is 254 g/mol. The average molecular weight is 267 g/mol. The second-order valence-corrected chi connectivity index (χ2v) is 4.09. The minimum atomic E-state index is -1.14. The number of hydrogen-bond acceptors (Lipinski definition) is 4. The van der Waals surface area contributed by atoms with E-state index in [4.69, 9.17) is 5.11 Å². The first kappa shape index (κ1) is 13.6. The summed E-state index contributed by atoms with van der Waals surface area (Å²) in [5, 5.41) is 19.6. The molecule has 2 aromatic rings. The molecule has 0 radical (unpaired) electrons. The molecule has 0 spiro atoms. The number of anilines is 1. The minimum absolute atomic E-state index is 0.215. The highest BCUT2D eigenvalue weighted by molar-refractivity contribution is 5.86. The highest BCUT2D eigenvalue weighted by Crippen LogP contribution is 2.19. The van der Waals surface area contributed by atoms with Gasteiger partial charge in [-0.2, -0.15) is 0 Å². The van der Waals surface area contributed by atoms with E-state index in [-0.39, 0.29) is 6.54 Å². The predicted octanol–water partition coefficient (Wildman–Crippen LogP) is 1.95. The fourth-order valence-electron chi connectivity index (χ4n) is 1.66. The Labute approximate surface area is 116 Å². The van der Waals surface area contributed by atoms with E-state index in [9.17, 15) is 4.79 Å². The third-order valence-electron chi connectivity index (χ3n) is 2.59. The Balaban J connectivity index is 2.11. The van der Waals surface area contributed by atoms with Crippen LogP contribution in [0.5, 0.6) is 0 Å². The van der Waals surface area contributed by atoms with Gasteiger partial charge < -0.3 is 10.4 Å². The first-order valence-corrected chi connectivity index (χ1v) is 6.02. The first-order chi connectivity index (χ1) is 9.66. The Morgan fingerprint density at radius 1 is 1.30 bits per heavy atom. The van der Waals surface area contributed by atoms with Gasteiger partial charge in [0.15, 0.2) is 5.82 Å². The van der Waals surface area contributed by atoms with Gasteiger partial charge in [-0.1, -0.05) is 36.3 Å². The van der Waals surface area contributed by atoms with Crippen LogP contribution in [0.25, 0.3) is 11.3 Å². The topological polar surface area (TPSA) is 75.1 Å². The number of aryl methyl sites for hydroxylation is 1. The molecule has 0 amide bonds. The number of carbonyl (C=O) groups is 1. The highest BCUT2D eigenvalue weighted by Gasteiger charge is 2.04. The zero-order valence-corrected chi connectivity index (χ0v) is 10.9. The van der Waals surface area contributed by atoms with Crippen molar-refractivity contribution >= 4 is 11.8 Å². The molecule has 0 unspecified atom stereocenters. The van der Waals surface area contributed by atoms with Crippen molar-refractivity contribution in [3.05, 3.63) is 42.0 Å². The maximum atomic E-state index is 10.2. The van der Waals surface area contributed by atoms with Crippen LogP contribution in [-0.4, -0.2) is 27.8 Å². The largest absolute Gasteiger partial charge is 0.472 e. The van der Waals surface area contributed by atoms with E-state index >= 15 is 0 Å². The van der Waals surface area contributed by atoms with Gasteiger partial charge >= 0.3 is 5.97 Å². The number of nitrogens with zero attached hydrogens (tertiary/aromatic N) is 2. The zero-order valence-electron chi connectivity index (χ0n) is 10.9. The summed E-state index contributed by atoms with van der Waals surface area (Å²) in [6, 6.07) is 11.7. The molecule has 2 N–H and O–H groups in total. The summed E-state index contributed by atoms with van der Waals surface area (Å²) in [7, 11) is 0.